The van der Waals surface area contributed by atoms with Crippen LogP contribution >= 0.6 is 11.6 Å². The van der Waals surface area contributed by atoms with Crippen LogP contribution < -0.4 is 9.62 Å². The molecule has 0 saturated carbocycles. The van der Waals surface area contributed by atoms with Crippen LogP contribution in [0.2, 0.25) is 5.02 Å². The molecule has 1 atom stereocenters. The first-order valence-electron chi connectivity index (χ1n) is 9.12. The lowest BCUT2D eigenvalue weighted by atomic mass is 10.1. The summed E-state index contributed by atoms with van der Waals surface area (Å²) in [5.74, 6) is -2.36. The van der Waals surface area contributed by atoms with E-state index in [0.29, 0.717) is 5.56 Å². The first-order chi connectivity index (χ1) is 14.4. The highest BCUT2D eigenvalue weighted by molar-refractivity contribution is 7.92. The lowest BCUT2D eigenvalue weighted by Crippen LogP contribution is -2.50. The van der Waals surface area contributed by atoms with Crippen LogP contribution in [0.3, 0.4) is 0 Å². The fraction of sp³-hybridized carbons (Fsp3) is 0.300. The van der Waals surface area contributed by atoms with Gasteiger partial charge in [0.05, 0.1) is 17.0 Å². The average Bonchev–Trinajstić information content (AvgIpc) is 2.71. The molecular weight excluding hydrogens is 452 g/mol. The van der Waals surface area contributed by atoms with Gasteiger partial charge in [0, 0.05) is 13.6 Å². The molecule has 0 aliphatic heterocycles. The second kappa shape index (κ2) is 10.1. The molecule has 2 rings (SSSR count). The van der Waals surface area contributed by atoms with Crippen LogP contribution in [0.25, 0.3) is 0 Å². The maximum absolute atomic E-state index is 13.5. The molecule has 7 nitrogen and oxygen atoms in total. The molecule has 2 amide bonds. The Morgan fingerprint density at radius 2 is 1.74 bits per heavy atom. The van der Waals surface area contributed by atoms with Crippen molar-refractivity contribution in [3.8, 4) is 0 Å². The van der Waals surface area contributed by atoms with Crippen molar-refractivity contribution in [2.75, 3.05) is 24.2 Å². The quantitative estimate of drug-likeness (QED) is 0.638. The van der Waals surface area contributed by atoms with Gasteiger partial charge in [0.15, 0.2) is 0 Å². The number of rotatable bonds is 8. The molecule has 168 valence electrons. The van der Waals surface area contributed by atoms with Crippen molar-refractivity contribution in [2.45, 2.75) is 19.5 Å². The summed E-state index contributed by atoms with van der Waals surface area (Å²) >= 11 is 5.76. The van der Waals surface area contributed by atoms with E-state index in [0.717, 1.165) is 22.7 Å². The van der Waals surface area contributed by atoms with Gasteiger partial charge < -0.3 is 10.2 Å². The van der Waals surface area contributed by atoms with E-state index >= 15 is 0 Å². The van der Waals surface area contributed by atoms with E-state index in [4.69, 9.17) is 11.6 Å². The summed E-state index contributed by atoms with van der Waals surface area (Å²) in [6.07, 6.45) is 0.893. The van der Waals surface area contributed by atoms with Crippen molar-refractivity contribution in [1.29, 1.82) is 0 Å². The molecule has 0 heterocycles. The van der Waals surface area contributed by atoms with E-state index in [1.54, 1.807) is 0 Å². The summed E-state index contributed by atoms with van der Waals surface area (Å²) in [6.45, 7) is 0.776. The number of carbonyl (C=O) groups is 2. The second-order valence-electron chi connectivity index (χ2n) is 6.81. The first-order valence-corrected chi connectivity index (χ1v) is 11.3. The minimum Gasteiger partial charge on any atom is -0.357 e. The highest BCUT2D eigenvalue weighted by Gasteiger charge is 2.30. The third kappa shape index (κ3) is 6.38. The van der Waals surface area contributed by atoms with Gasteiger partial charge in [-0.25, -0.2) is 17.2 Å². The van der Waals surface area contributed by atoms with Gasteiger partial charge in [0.1, 0.15) is 24.2 Å². The molecule has 0 fully saturated rings. The van der Waals surface area contributed by atoms with E-state index in [-0.39, 0.29) is 17.3 Å². The predicted molar refractivity (Wildman–Crippen MR) is 114 cm³/mol. The number of nitrogens with zero attached hydrogens (tertiary/aromatic N) is 2. The Bertz CT molecular complexity index is 1060. The van der Waals surface area contributed by atoms with Crippen LogP contribution in [0.1, 0.15) is 12.5 Å². The van der Waals surface area contributed by atoms with Crippen molar-refractivity contribution in [2.24, 2.45) is 0 Å². The van der Waals surface area contributed by atoms with E-state index in [2.05, 4.69) is 5.32 Å². The Morgan fingerprint density at radius 1 is 1.13 bits per heavy atom. The Morgan fingerprint density at radius 3 is 2.26 bits per heavy atom. The number of anilines is 1. The van der Waals surface area contributed by atoms with Gasteiger partial charge in [-0.2, -0.15) is 0 Å². The molecule has 0 bridgehead atoms. The lowest BCUT2D eigenvalue weighted by Gasteiger charge is -2.31. The maximum Gasteiger partial charge on any atom is 0.244 e. The zero-order chi connectivity index (χ0) is 23.3. The first kappa shape index (κ1) is 24.5. The summed E-state index contributed by atoms with van der Waals surface area (Å²) in [6, 6.07) is 7.67. The predicted octanol–water partition coefficient (Wildman–Crippen LogP) is 2.55. The van der Waals surface area contributed by atoms with Gasteiger partial charge in [0.25, 0.3) is 0 Å². The molecule has 0 aliphatic rings. The van der Waals surface area contributed by atoms with E-state index in [1.165, 1.54) is 49.2 Å². The molecule has 0 aliphatic carbocycles. The molecule has 2 aromatic carbocycles. The monoisotopic (exact) mass is 473 g/mol. The summed E-state index contributed by atoms with van der Waals surface area (Å²) in [5.41, 5.74) is 0.540. The van der Waals surface area contributed by atoms with Crippen LogP contribution in [0.5, 0.6) is 0 Å². The van der Waals surface area contributed by atoms with Crippen LogP contribution in [-0.4, -0.2) is 51.0 Å². The largest absolute Gasteiger partial charge is 0.357 e. The number of sulfonamides is 1. The zero-order valence-electron chi connectivity index (χ0n) is 17.1. The van der Waals surface area contributed by atoms with Crippen LogP contribution in [-0.2, 0) is 26.2 Å². The summed E-state index contributed by atoms with van der Waals surface area (Å²) in [4.78, 5) is 26.5. The number of hydrogen-bond donors (Lipinski definition) is 1. The third-order valence-corrected chi connectivity index (χ3v) is 5.98. The molecule has 2 aromatic rings. The number of nitrogens with one attached hydrogen (secondary N) is 1. The SMILES string of the molecule is CNC(=O)[C@@H](C)N(Cc1ccc(F)cc1)C(=O)CN(c1ccc(F)c(Cl)c1)S(C)(=O)=O. The zero-order valence-corrected chi connectivity index (χ0v) is 18.7. The van der Waals surface area contributed by atoms with E-state index < -0.39 is 46.1 Å². The van der Waals surface area contributed by atoms with Crippen LogP contribution in [0, 0.1) is 11.6 Å². The Balaban J connectivity index is 2.39. The molecule has 11 heteroatoms. The minimum absolute atomic E-state index is 0.00317. The Hall–Kier alpha value is -2.72. The van der Waals surface area contributed by atoms with Gasteiger partial charge in [-0.3, -0.25) is 13.9 Å². The van der Waals surface area contributed by atoms with Crippen molar-refractivity contribution >= 4 is 39.1 Å². The van der Waals surface area contributed by atoms with E-state index in [1.807, 2.05) is 0 Å². The summed E-state index contributed by atoms with van der Waals surface area (Å²) < 4.78 is 52.2. The lowest BCUT2D eigenvalue weighted by molar-refractivity contribution is -0.139. The van der Waals surface area contributed by atoms with Crippen molar-refractivity contribution < 1.29 is 26.8 Å². The van der Waals surface area contributed by atoms with Gasteiger partial charge in [-0.15, -0.1) is 0 Å². The van der Waals surface area contributed by atoms with Crippen molar-refractivity contribution in [1.82, 2.24) is 10.2 Å². The number of halogens is 3. The second-order valence-corrected chi connectivity index (χ2v) is 9.12. The van der Waals surface area contributed by atoms with Gasteiger partial charge >= 0.3 is 0 Å². The minimum atomic E-state index is -3.95. The van der Waals surface area contributed by atoms with Crippen molar-refractivity contribution in [3.63, 3.8) is 0 Å². The smallest absolute Gasteiger partial charge is 0.244 e. The number of hydrogen-bond acceptors (Lipinski definition) is 4. The number of likely N-dealkylation sites (N-methyl/N-ethyl adjacent to an activating group) is 1. The van der Waals surface area contributed by atoms with Crippen LogP contribution in [0.15, 0.2) is 42.5 Å². The van der Waals surface area contributed by atoms with E-state index in [9.17, 15) is 26.8 Å². The Labute approximate surface area is 184 Å². The normalized spacial score (nSPS) is 12.2. The summed E-state index contributed by atoms with van der Waals surface area (Å²) in [7, 11) is -2.55. The number of amides is 2. The fourth-order valence-corrected chi connectivity index (χ4v) is 3.85. The topological polar surface area (TPSA) is 86.8 Å². The van der Waals surface area contributed by atoms with Crippen molar-refractivity contribution in [3.05, 3.63) is 64.7 Å². The van der Waals surface area contributed by atoms with Gasteiger partial charge in [-0.1, -0.05) is 23.7 Å². The molecule has 0 unspecified atom stereocenters. The Kier molecular flexibility index (Phi) is 7.96. The highest BCUT2D eigenvalue weighted by atomic mass is 35.5. The molecular formula is C20H22ClF2N3O4S. The van der Waals surface area contributed by atoms with Crippen LogP contribution in [0.4, 0.5) is 14.5 Å². The van der Waals surface area contributed by atoms with Gasteiger partial charge in [0.2, 0.25) is 21.8 Å². The number of benzene rings is 2. The maximum atomic E-state index is 13.5. The summed E-state index contributed by atoms with van der Waals surface area (Å²) in [5, 5.41) is 2.14. The fourth-order valence-electron chi connectivity index (χ4n) is 2.83. The molecule has 0 spiro atoms. The molecule has 0 aromatic heterocycles. The third-order valence-electron chi connectivity index (χ3n) is 4.55. The van der Waals surface area contributed by atoms with Gasteiger partial charge in [-0.05, 0) is 42.8 Å². The average molecular weight is 474 g/mol. The number of carbonyl (C=O) groups excluding carboxylic acids is 2. The molecule has 0 saturated heterocycles. The molecule has 1 N–H and O–H groups in total. The standard InChI is InChI=1S/C20H22ClF2N3O4S/c1-13(20(28)24-2)25(11-14-4-6-15(22)7-5-14)19(27)12-26(31(3,29)30)16-8-9-18(23)17(21)10-16/h4-10,13H,11-12H2,1-3H3,(H,24,28)/t13-/m1/s1. The highest BCUT2D eigenvalue weighted by Crippen LogP contribution is 2.25. The molecule has 0 radical (unpaired) electrons. The molecule has 31 heavy (non-hydrogen) atoms.